The Labute approximate surface area is 109 Å². The Balaban J connectivity index is 2.13. The highest BCUT2D eigenvalue weighted by atomic mass is 32.2. The minimum Gasteiger partial charge on any atom is -0.315 e. The molecule has 0 spiro atoms. The second kappa shape index (κ2) is 5.82. The van der Waals surface area contributed by atoms with Crippen LogP contribution in [0.3, 0.4) is 0 Å². The maximum atomic E-state index is 12.2. The van der Waals surface area contributed by atoms with Crippen LogP contribution in [0.1, 0.15) is 25.3 Å². The Hall–Kier alpha value is -0.910. The van der Waals surface area contributed by atoms with Gasteiger partial charge in [-0.2, -0.15) is 0 Å². The number of piperidine rings is 1. The van der Waals surface area contributed by atoms with Crippen molar-refractivity contribution in [2.24, 2.45) is 0 Å². The van der Waals surface area contributed by atoms with Gasteiger partial charge >= 0.3 is 0 Å². The zero-order valence-corrected chi connectivity index (χ0v) is 11.5. The predicted octanol–water partition coefficient (Wildman–Crippen LogP) is 1.28. The fourth-order valence-electron chi connectivity index (χ4n) is 2.17. The summed E-state index contributed by atoms with van der Waals surface area (Å²) < 4.78 is 27.2. The lowest BCUT2D eigenvalue weighted by Crippen LogP contribution is -2.45. The van der Waals surface area contributed by atoms with Gasteiger partial charge in [-0.1, -0.05) is 19.1 Å². The molecule has 1 aliphatic heterocycles. The van der Waals surface area contributed by atoms with Crippen LogP contribution in [0.5, 0.6) is 0 Å². The van der Waals surface area contributed by atoms with E-state index in [0.29, 0.717) is 11.4 Å². The van der Waals surface area contributed by atoms with Gasteiger partial charge in [-0.05, 0) is 43.5 Å². The van der Waals surface area contributed by atoms with Crippen LogP contribution in [0.2, 0.25) is 0 Å². The SMILES string of the molecule is CCc1cccc(S(=O)(=O)NC2CCCNC2)c1. The van der Waals surface area contributed by atoms with E-state index in [-0.39, 0.29) is 6.04 Å². The Kier molecular flexibility index (Phi) is 4.37. The number of sulfonamides is 1. The van der Waals surface area contributed by atoms with E-state index >= 15 is 0 Å². The van der Waals surface area contributed by atoms with E-state index in [1.165, 1.54) is 0 Å². The molecule has 0 bridgehead atoms. The standard InChI is InChI=1S/C13H20N2O2S/c1-2-11-5-3-7-13(9-11)18(16,17)15-12-6-4-8-14-10-12/h3,5,7,9,12,14-15H,2,4,6,8,10H2,1H3. The van der Waals surface area contributed by atoms with Gasteiger partial charge in [0.25, 0.3) is 0 Å². The normalized spacial score (nSPS) is 20.8. The summed E-state index contributed by atoms with van der Waals surface area (Å²) in [6, 6.07) is 7.15. The first-order chi connectivity index (χ1) is 8.62. The van der Waals surface area contributed by atoms with Crippen LogP contribution in [-0.4, -0.2) is 27.5 Å². The molecule has 1 heterocycles. The lowest BCUT2D eigenvalue weighted by Gasteiger charge is -2.23. The summed E-state index contributed by atoms with van der Waals surface area (Å²) in [5.74, 6) is 0. The molecule has 1 saturated heterocycles. The predicted molar refractivity (Wildman–Crippen MR) is 72.0 cm³/mol. The van der Waals surface area contributed by atoms with Crippen LogP contribution in [0.15, 0.2) is 29.2 Å². The maximum Gasteiger partial charge on any atom is 0.240 e. The van der Waals surface area contributed by atoms with Gasteiger partial charge in [0, 0.05) is 12.6 Å². The second-order valence-electron chi connectivity index (χ2n) is 4.67. The zero-order valence-electron chi connectivity index (χ0n) is 10.6. The Morgan fingerprint density at radius 1 is 1.44 bits per heavy atom. The summed E-state index contributed by atoms with van der Waals surface area (Å²) in [5, 5.41) is 3.20. The Morgan fingerprint density at radius 3 is 2.94 bits per heavy atom. The number of benzene rings is 1. The third kappa shape index (κ3) is 3.31. The molecule has 0 aliphatic carbocycles. The molecule has 1 aromatic carbocycles. The number of hydrogen-bond acceptors (Lipinski definition) is 3. The highest BCUT2D eigenvalue weighted by Crippen LogP contribution is 2.14. The molecule has 2 N–H and O–H groups in total. The van der Waals surface area contributed by atoms with E-state index in [9.17, 15) is 8.42 Å². The fraction of sp³-hybridized carbons (Fsp3) is 0.538. The topological polar surface area (TPSA) is 58.2 Å². The lowest BCUT2D eigenvalue weighted by molar-refractivity contribution is 0.428. The van der Waals surface area contributed by atoms with Crippen molar-refractivity contribution in [1.82, 2.24) is 10.0 Å². The molecule has 18 heavy (non-hydrogen) atoms. The van der Waals surface area contributed by atoms with Gasteiger partial charge in [-0.3, -0.25) is 0 Å². The average molecular weight is 268 g/mol. The first-order valence-corrected chi connectivity index (χ1v) is 7.92. The number of nitrogens with one attached hydrogen (secondary N) is 2. The summed E-state index contributed by atoms with van der Waals surface area (Å²) in [6.07, 6.45) is 2.76. The number of hydrogen-bond donors (Lipinski definition) is 2. The van der Waals surface area contributed by atoms with Crippen molar-refractivity contribution in [3.63, 3.8) is 0 Å². The highest BCUT2D eigenvalue weighted by molar-refractivity contribution is 7.89. The molecule has 0 aromatic heterocycles. The van der Waals surface area contributed by atoms with E-state index in [2.05, 4.69) is 10.0 Å². The van der Waals surface area contributed by atoms with E-state index in [1.54, 1.807) is 18.2 Å². The molecule has 2 rings (SSSR count). The minimum absolute atomic E-state index is 0.00836. The zero-order chi connectivity index (χ0) is 13.0. The molecule has 5 heteroatoms. The first-order valence-electron chi connectivity index (χ1n) is 6.44. The third-order valence-corrected chi connectivity index (χ3v) is 4.75. The number of aryl methyl sites for hydroxylation is 1. The van der Waals surface area contributed by atoms with Crippen molar-refractivity contribution in [3.05, 3.63) is 29.8 Å². The van der Waals surface area contributed by atoms with Gasteiger partial charge in [0.1, 0.15) is 0 Å². The smallest absolute Gasteiger partial charge is 0.240 e. The highest BCUT2D eigenvalue weighted by Gasteiger charge is 2.21. The van der Waals surface area contributed by atoms with Gasteiger partial charge in [0.15, 0.2) is 0 Å². The average Bonchev–Trinajstić information content (AvgIpc) is 2.39. The van der Waals surface area contributed by atoms with Crippen molar-refractivity contribution < 1.29 is 8.42 Å². The fourth-order valence-corrected chi connectivity index (χ4v) is 3.51. The second-order valence-corrected chi connectivity index (χ2v) is 6.38. The van der Waals surface area contributed by atoms with Gasteiger partial charge in [-0.25, -0.2) is 13.1 Å². The minimum atomic E-state index is -3.38. The van der Waals surface area contributed by atoms with Crippen LogP contribution >= 0.6 is 0 Å². The Morgan fingerprint density at radius 2 is 2.28 bits per heavy atom. The molecule has 1 aliphatic rings. The van der Waals surface area contributed by atoms with E-state index < -0.39 is 10.0 Å². The van der Waals surface area contributed by atoms with Crippen molar-refractivity contribution in [2.75, 3.05) is 13.1 Å². The molecule has 0 amide bonds. The molecular weight excluding hydrogens is 248 g/mol. The van der Waals surface area contributed by atoms with Crippen molar-refractivity contribution >= 4 is 10.0 Å². The molecule has 4 nitrogen and oxygen atoms in total. The molecule has 100 valence electrons. The van der Waals surface area contributed by atoms with E-state index in [0.717, 1.165) is 31.4 Å². The van der Waals surface area contributed by atoms with Gasteiger partial charge in [-0.15, -0.1) is 0 Å². The molecule has 0 radical (unpaired) electrons. The lowest BCUT2D eigenvalue weighted by atomic mass is 10.1. The quantitative estimate of drug-likeness (QED) is 0.865. The third-order valence-electron chi connectivity index (χ3n) is 3.24. The first kappa shape index (κ1) is 13.5. The van der Waals surface area contributed by atoms with Crippen LogP contribution in [0.25, 0.3) is 0 Å². The van der Waals surface area contributed by atoms with Crippen LogP contribution in [0.4, 0.5) is 0 Å². The summed E-state index contributed by atoms with van der Waals surface area (Å²) >= 11 is 0. The summed E-state index contributed by atoms with van der Waals surface area (Å²) in [7, 11) is -3.38. The molecule has 0 saturated carbocycles. The van der Waals surface area contributed by atoms with E-state index in [1.807, 2.05) is 13.0 Å². The van der Waals surface area contributed by atoms with Crippen LogP contribution < -0.4 is 10.0 Å². The van der Waals surface area contributed by atoms with Crippen molar-refractivity contribution in [1.29, 1.82) is 0 Å². The largest absolute Gasteiger partial charge is 0.315 e. The molecule has 1 atom stereocenters. The van der Waals surface area contributed by atoms with Gasteiger partial charge in [0.2, 0.25) is 10.0 Å². The monoisotopic (exact) mass is 268 g/mol. The number of rotatable bonds is 4. The van der Waals surface area contributed by atoms with Crippen LogP contribution in [-0.2, 0) is 16.4 Å². The van der Waals surface area contributed by atoms with Gasteiger partial charge < -0.3 is 5.32 Å². The summed E-state index contributed by atoms with van der Waals surface area (Å²) in [4.78, 5) is 0.368. The van der Waals surface area contributed by atoms with Gasteiger partial charge in [0.05, 0.1) is 4.90 Å². The van der Waals surface area contributed by atoms with Crippen molar-refractivity contribution in [3.8, 4) is 0 Å². The molecule has 1 unspecified atom stereocenters. The summed E-state index contributed by atoms with van der Waals surface area (Å²) in [5.41, 5.74) is 1.04. The van der Waals surface area contributed by atoms with Crippen molar-refractivity contribution in [2.45, 2.75) is 37.1 Å². The Bertz CT molecular complexity index is 493. The maximum absolute atomic E-state index is 12.2. The molecule has 1 aromatic rings. The summed E-state index contributed by atoms with van der Waals surface area (Å²) in [6.45, 7) is 3.71. The van der Waals surface area contributed by atoms with E-state index in [4.69, 9.17) is 0 Å². The molecule has 1 fully saturated rings. The molecular formula is C13H20N2O2S. The van der Waals surface area contributed by atoms with Crippen LogP contribution in [0, 0.1) is 0 Å².